The second-order valence-electron chi connectivity index (χ2n) is 0.927. The van der Waals surface area contributed by atoms with E-state index in [4.69, 9.17) is 10.6 Å². The number of thiol groups is 1. The average molecular weight is 134 g/mol. The highest BCUT2D eigenvalue weighted by Gasteiger charge is 2.14. The summed E-state index contributed by atoms with van der Waals surface area (Å²) in [5, 5.41) is 9.68. The van der Waals surface area contributed by atoms with Gasteiger partial charge in [0.15, 0.2) is 0 Å². The maximum absolute atomic E-state index is 9.78. The van der Waals surface area contributed by atoms with Crippen LogP contribution in [0.3, 0.4) is 0 Å². The Morgan fingerprint density at radius 1 is 2.00 bits per heavy atom. The van der Waals surface area contributed by atoms with Crippen molar-refractivity contribution >= 4 is 18.6 Å². The summed E-state index contributed by atoms with van der Waals surface area (Å²) in [7, 11) is 0. The van der Waals surface area contributed by atoms with Crippen LogP contribution in [0.5, 0.6) is 0 Å². The number of hydrogen-bond donors (Lipinski definition) is 3. The summed E-state index contributed by atoms with van der Waals surface area (Å²) < 4.78 is 0. The maximum atomic E-state index is 9.78. The van der Waals surface area contributed by atoms with E-state index in [-0.39, 0.29) is 0 Å². The van der Waals surface area contributed by atoms with Crippen molar-refractivity contribution in [2.24, 2.45) is 5.11 Å². The maximum Gasteiger partial charge on any atom is 0.346 e. The number of rotatable bonds is 2. The fraction of sp³-hybridized carbons (Fsp3) is 0.500. The predicted molar refractivity (Wildman–Crippen MR) is 27.7 cm³/mol. The molecule has 0 saturated heterocycles. The molecule has 2 N–H and O–H groups in total. The van der Waals surface area contributed by atoms with Crippen LogP contribution >= 0.6 is 12.6 Å². The van der Waals surface area contributed by atoms with Crippen LogP contribution in [0.2, 0.25) is 0 Å². The van der Waals surface area contributed by atoms with Gasteiger partial charge in [0.1, 0.15) is 10.6 Å². The highest BCUT2D eigenvalue weighted by atomic mass is 32.1. The van der Waals surface area contributed by atoms with Crippen LogP contribution in [0.15, 0.2) is 5.11 Å². The molecule has 0 amide bonds. The van der Waals surface area contributed by atoms with E-state index in [1.807, 2.05) is 0 Å². The summed E-state index contributed by atoms with van der Waals surface area (Å²) in [4.78, 5) is 12.3. The quantitative estimate of drug-likeness (QED) is 0.279. The van der Waals surface area contributed by atoms with Gasteiger partial charge in [0.2, 0.25) is 4.91 Å². The Morgan fingerprint density at radius 2 is 2.50 bits per heavy atom. The van der Waals surface area contributed by atoms with Gasteiger partial charge in [-0.15, -0.1) is 12.6 Å². The summed E-state index contributed by atoms with van der Waals surface area (Å²) in [6.45, 7) is 0. The first kappa shape index (κ1) is 7.13. The molecule has 0 radical (unpaired) electrons. The molecule has 44 valence electrons. The van der Waals surface area contributed by atoms with Gasteiger partial charge in [-0.25, -0.2) is 4.79 Å². The molecule has 0 aromatic heterocycles. The number of carbonyl (C=O) groups is 1. The lowest BCUT2D eigenvalue weighted by Gasteiger charge is -1.82. The monoisotopic (exact) mass is 134 g/mol. The van der Waals surface area contributed by atoms with Gasteiger partial charge in [-0.2, -0.15) is 0 Å². The SMILES string of the molecule is N=[N+]=NC(S)C(=O)O. The predicted octanol–water partition coefficient (Wildman–Crippen LogP) is -0.123. The highest BCUT2D eigenvalue weighted by Crippen LogP contribution is 1.92. The van der Waals surface area contributed by atoms with Gasteiger partial charge >= 0.3 is 5.97 Å². The fourth-order valence-electron chi connectivity index (χ4n) is 0.104. The van der Waals surface area contributed by atoms with Gasteiger partial charge in [0.05, 0.1) is 0 Å². The van der Waals surface area contributed by atoms with Gasteiger partial charge < -0.3 is 5.11 Å². The van der Waals surface area contributed by atoms with Crippen LogP contribution in [0.25, 0.3) is 0 Å². The normalized spacial score (nSPS) is 11.6. The molecular weight excluding hydrogens is 130 g/mol. The van der Waals surface area contributed by atoms with E-state index in [2.05, 4.69) is 22.7 Å². The third-order valence-electron chi connectivity index (χ3n) is 0.388. The van der Waals surface area contributed by atoms with Crippen LogP contribution in [0, 0.1) is 5.53 Å². The number of nitrogens with one attached hydrogen (secondary N) is 1. The van der Waals surface area contributed by atoms with E-state index in [1.54, 1.807) is 0 Å². The Hall–Kier alpha value is -0.870. The van der Waals surface area contributed by atoms with Gasteiger partial charge in [-0.1, -0.05) is 0 Å². The molecule has 0 heterocycles. The third kappa shape index (κ3) is 2.33. The molecule has 0 aliphatic carbocycles. The largest absolute Gasteiger partial charge is 0.479 e. The zero-order valence-corrected chi connectivity index (χ0v) is 4.67. The molecule has 6 heteroatoms. The lowest BCUT2D eigenvalue weighted by Crippen LogP contribution is -2.09. The second-order valence-corrected chi connectivity index (χ2v) is 1.42. The fourth-order valence-corrected chi connectivity index (χ4v) is 0.156. The molecular formula is C2H4N3O2S+. The van der Waals surface area contributed by atoms with Gasteiger partial charge in [-0.3, -0.25) is 0 Å². The Labute approximate surface area is 50.3 Å². The van der Waals surface area contributed by atoms with Crippen molar-refractivity contribution in [3.8, 4) is 0 Å². The van der Waals surface area contributed by atoms with Crippen molar-refractivity contribution in [3.05, 3.63) is 0 Å². The topological polar surface area (TPSA) is 87.6 Å². The summed E-state index contributed by atoms with van der Waals surface area (Å²) in [6, 6.07) is 0. The zero-order valence-electron chi connectivity index (χ0n) is 3.77. The Morgan fingerprint density at radius 3 is 2.62 bits per heavy atom. The van der Waals surface area contributed by atoms with Crippen molar-refractivity contribution in [1.29, 1.82) is 5.53 Å². The number of aliphatic carboxylic acids is 1. The van der Waals surface area contributed by atoms with E-state index in [1.165, 1.54) is 0 Å². The van der Waals surface area contributed by atoms with Gasteiger partial charge in [0.25, 0.3) is 5.37 Å². The first-order chi connectivity index (χ1) is 3.68. The molecule has 0 aromatic carbocycles. The molecule has 8 heavy (non-hydrogen) atoms. The first-order valence-electron chi connectivity index (χ1n) is 1.66. The van der Waals surface area contributed by atoms with E-state index in [0.717, 1.165) is 0 Å². The van der Waals surface area contributed by atoms with Crippen molar-refractivity contribution in [3.63, 3.8) is 0 Å². The van der Waals surface area contributed by atoms with Crippen LogP contribution in [0.1, 0.15) is 0 Å². The van der Waals surface area contributed by atoms with E-state index in [9.17, 15) is 4.79 Å². The molecule has 1 unspecified atom stereocenters. The van der Waals surface area contributed by atoms with Crippen LogP contribution in [-0.2, 0) is 4.79 Å². The molecule has 1 atom stereocenters. The van der Waals surface area contributed by atoms with E-state index in [0.29, 0.717) is 0 Å². The van der Waals surface area contributed by atoms with Crippen LogP contribution < -0.4 is 4.91 Å². The lowest BCUT2D eigenvalue weighted by atomic mass is 10.7. The number of carboxylic acids is 1. The summed E-state index contributed by atoms with van der Waals surface area (Å²) in [6.07, 6.45) is 0. The lowest BCUT2D eigenvalue weighted by molar-refractivity contribution is -0.136. The van der Waals surface area contributed by atoms with Gasteiger partial charge in [-0.05, 0) is 0 Å². The highest BCUT2D eigenvalue weighted by molar-refractivity contribution is 7.81. The molecule has 0 aliphatic rings. The van der Waals surface area contributed by atoms with Crippen LogP contribution in [0.4, 0.5) is 0 Å². The molecule has 5 nitrogen and oxygen atoms in total. The second kappa shape index (κ2) is 3.17. The van der Waals surface area contributed by atoms with E-state index >= 15 is 0 Å². The number of hydrogen-bond acceptors (Lipinski definition) is 4. The molecule has 0 bridgehead atoms. The van der Waals surface area contributed by atoms with E-state index < -0.39 is 11.3 Å². The Kier molecular flexibility index (Phi) is 2.83. The Bertz CT molecular complexity index is 138. The van der Waals surface area contributed by atoms with Gasteiger partial charge in [0, 0.05) is 0 Å². The minimum atomic E-state index is -1.20. The van der Waals surface area contributed by atoms with Crippen molar-refractivity contribution in [1.82, 2.24) is 4.91 Å². The Balaban J connectivity index is 3.82. The van der Waals surface area contributed by atoms with Crippen molar-refractivity contribution < 1.29 is 9.90 Å². The molecule has 0 aromatic rings. The van der Waals surface area contributed by atoms with Crippen LogP contribution in [-0.4, -0.2) is 16.4 Å². The first-order valence-corrected chi connectivity index (χ1v) is 2.17. The number of carboxylic acid groups (broad SMARTS) is 1. The van der Waals surface area contributed by atoms with Crippen molar-refractivity contribution in [2.75, 3.05) is 0 Å². The summed E-state index contributed by atoms with van der Waals surface area (Å²) in [5.41, 5.74) is 6.07. The summed E-state index contributed by atoms with van der Waals surface area (Å²) in [5.74, 6) is -1.20. The third-order valence-corrected chi connectivity index (χ3v) is 0.712. The zero-order chi connectivity index (χ0) is 6.57. The molecule has 0 rings (SSSR count). The molecule has 0 spiro atoms. The smallest absolute Gasteiger partial charge is 0.346 e. The molecule has 0 fully saturated rings. The molecule has 0 aliphatic heterocycles. The standard InChI is InChI=1S/C2H3N3O2S/c3-5-4-1(8)2(6)7/h1,3H,(H-,6,7,8)/p+1. The molecule has 0 saturated carbocycles. The number of nitrogens with zero attached hydrogens (tertiary/aromatic N) is 2. The van der Waals surface area contributed by atoms with Crippen molar-refractivity contribution in [2.45, 2.75) is 5.37 Å². The average Bonchev–Trinajstić information content (AvgIpc) is 1.67. The minimum Gasteiger partial charge on any atom is -0.479 e. The summed E-state index contributed by atoms with van der Waals surface area (Å²) >= 11 is 3.43. The minimum absolute atomic E-state index is 1.20.